The third kappa shape index (κ3) is 1.77. The van der Waals surface area contributed by atoms with Gasteiger partial charge in [0.05, 0.1) is 6.10 Å². The summed E-state index contributed by atoms with van der Waals surface area (Å²) in [6.07, 6.45) is -0.377. The lowest BCUT2D eigenvalue weighted by Gasteiger charge is -2.00. The first-order valence-corrected chi connectivity index (χ1v) is 5.97. The van der Waals surface area contributed by atoms with Gasteiger partial charge in [-0.2, -0.15) is 0 Å². The molecule has 0 saturated heterocycles. The molecule has 0 amide bonds. The Hall–Kier alpha value is -0.380. The number of aliphatic hydroxyl groups excluding tert-OH is 1. The quantitative estimate of drug-likeness (QED) is 0.818. The Kier molecular flexibility index (Phi) is 2.67. The lowest BCUT2D eigenvalue weighted by molar-refractivity contribution is 0.209. The van der Waals surface area contributed by atoms with Gasteiger partial charge in [-0.05, 0) is 17.5 Å². The highest BCUT2D eigenvalue weighted by Crippen LogP contribution is 2.30. The number of hydrogen-bond donors (Lipinski definition) is 1. The standard InChI is InChI=1S/C10H9BrOS/c11-6-8(12)10-5-7-3-1-2-4-9(7)13-10/h1-5,8,12H,6H2. The summed E-state index contributed by atoms with van der Waals surface area (Å²) in [5, 5.41) is 11.4. The van der Waals surface area contributed by atoms with E-state index in [0.29, 0.717) is 5.33 Å². The molecule has 1 aromatic heterocycles. The molecule has 68 valence electrons. The summed E-state index contributed by atoms with van der Waals surface area (Å²) >= 11 is 4.92. The minimum absolute atomic E-state index is 0.377. The van der Waals surface area contributed by atoms with Crippen molar-refractivity contribution in [1.29, 1.82) is 0 Å². The predicted octanol–water partition coefficient (Wildman–Crippen LogP) is 3.33. The van der Waals surface area contributed by atoms with Gasteiger partial charge in [0.15, 0.2) is 0 Å². The lowest BCUT2D eigenvalue weighted by Crippen LogP contribution is -1.93. The van der Waals surface area contributed by atoms with Crippen LogP contribution in [-0.2, 0) is 0 Å². The fraction of sp³-hybridized carbons (Fsp3) is 0.200. The van der Waals surface area contributed by atoms with Crippen molar-refractivity contribution in [2.24, 2.45) is 0 Å². The average Bonchev–Trinajstić information content (AvgIpc) is 2.59. The van der Waals surface area contributed by atoms with Crippen molar-refractivity contribution in [3.8, 4) is 0 Å². The van der Waals surface area contributed by atoms with Crippen molar-refractivity contribution < 1.29 is 5.11 Å². The van der Waals surface area contributed by atoms with E-state index in [1.54, 1.807) is 11.3 Å². The van der Waals surface area contributed by atoms with Crippen LogP contribution in [-0.4, -0.2) is 10.4 Å². The first kappa shape index (κ1) is 9.19. The van der Waals surface area contributed by atoms with Crippen molar-refractivity contribution in [3.63, 3.8) is 0 Å². The van der Waals surface area contributed by atoms with Gasteiger partial charge >= 0.3 is 0 Å². The number of aliphatic hydroxyl groups is 1. The summed E-state index contributed by atoms with van der Waals surface area (Å²) in [5.41, 5.74) is 0. The third-order valence-electron chi connectivity index (χ3n) is 1.92. The van der Waals surface area contributed by atoms with Crippen LogP contribution < -0.4 is 0 Å². The SMILES string of the molecule is OC(CBr)c1cc2ccccc2s1. The number of rotatable bonds is 2. The Morgan fingerprint density at radius 1 is 1.38 bits per heavy atom. The van der Waals surface area contributed by atoms with Crippen molar-refractivity contribution >= 4 is 37.4 Å². The molecular formula is C10H9BrOS. The Morgan fingerprint density at radius 3 is 2.85 bits per heavy atom. The summed E-state index contributed by atoms with van der Waals surface area (Å²) in [6.45, 7) is 0. The fourth-order valence-electron chi connectivity index (χ4n) is 1.24. The Bertz CT molecular complexity index is 377. The summed E-state index contributed by atoms with van der Waals surface area (Å²) in [7, 11) is 0. The second kappa shape index (κ2) is 3.78. The van der Waals surface area contributed by atoms with Gasteiger partial charge in [-0.3, -0.25) is 0 Å². The molecule has 2 aromatic rings. The number of benzene rings is 1. The van der Waals surface area contributed by atoms with Gasteiger partial charge in [0.1, 0.15) is 0 Å². The number of hydrogen-bond acceptors (Lipinski definition) is 2. The third-order valence-corrected chi connectivity index (χ3v) is 3.75. The smallest absolute Gasteiger partial charge is 0.0978 e. The molecule has 1 N–H and O–H groups in total. The zero-order valence-electron chi connectivity index (χ0n) is 6.90. The van der Waals surface area contributed by atoms with Gasteiger partial charge < -0.3 is 5.11 Å². The Balaban J connectivity index is 2.49. The van der Waals surface area contributed by atoms with E-state index in [2.05, 4.69) is 28.1 Å². The highest BCUT2D eigenvalue weighted by molar-refractivity contribution is 9.09. The monoisotopic (exact) mass is 256 g/mol. The molecular weight excluding hydrogens is 248 g/mol. The molecule has 3 heteroatoms. The topological polar surface area (TPSA) is 20.2 Å². The van der Waals surface area contributed by atoms with E-state index < -0.39 is 0 Å². The largest absolute Gasteiger partial charge is 0.387 e. The van der Waals surface area contributed by atoms with E-state index >= 15 is 0 Å². The van der Waals surface area contributed by atoms with Crippen LogP contribution >= 0.6 is 27.3 Å². The summed E-state index contributed by atoms with van der Waals surface area (Å²) in [5.74, 6) is 0. The molecule has 1 nitrogen and oxygen atoms in total. The minimum Gasteiger partial charge on any atom is -0.387 e. The molecule has 13 heavy (non-hydrogen) atoms. The molecule has 0 aliphatic heterocycles. The van der Waals surface area contributed by atoms with Crippen LogP contribution in [0.5, 0.6) is 0 Å². The number of alkyl halides is 1. The lowest BCUT2D eigenvalue weighted by atomic mass is 10.2. The van der Waals surface area contributed by atoms with Crippen molar-refractivity contribution in [1.82, 2.24) is 0 Å². The maximum atomic E-state index is 9.59. The van der Waals surface area contributed by atoms with Gasteiger partial charge in [0, 0.05) is 14.9 Å². The fourth-order valence-corrected chi connectivity index (χ4v) is 2.86. The summed E-state index contributed by atoms with van der Waals surface area (Å²) in [6, 6.07) is 10.2. The first-order chi connectivity index (χ1) is 6.31. The van der Waals surface area contributed by atoms with Gasteiger partial charge in [-0.1, -0.05) is 34.1 Å². The molecule has 0 radical (unpaired) electrons. The molecule has 2 rings (SSSR count). The Labute approximate surface area is 89.1 Å². The molecule has 1 heterocycles. The van der Waals surface area contributed by atoms with E-state index in [1.807, 2.05) is 18.2 Å². The Morgan fingerprint density at radius 2 is 2.15 bits per heavy atom. The zero-order valence-corrected chi connectivity index (χ0v) is 9.31. The first-order valence-electron chi connectivity index (χ1n) is 4.04. The zero-order chi connectivity index (χ0) is 9.26. The summed E-state index contributed by atoms with van der Waals surface area (Å²) in [4.78, 5) is 1.03. The van der Waals surface area contributed by atoms with Crippen molar-refractivity contribution in [2.75, 3.05) is 5.33 Å². The van der Waals surface area contributed by atoms with Crippen LogP contribution in [0.4, 0.5) is 0 Å². The highest BCUT2D eigenvalue weighted by Gasteiger charge is 2.08. The van der Waals surface area contributed by atoms with E-state index in [1.165, 1.54) is 10.1 Å². The maximum Gasteiger partial charge on any atom is 0.0978 e. The predicted molar refractivity (Wildman–Crippen MR) is 60.6 cm³/mol. The number of fused-ring (bicyclic) bond motifs is 1. The molecule has 0 aliphatic carbocycles. The van der Waals surface area contributed by atoms with Crippen LogP contribution in [0.1, 0.15) is 11.0 Å². The van der Waals surface area contributed by atoms with Gasteiger partial charge in [0.2, 0.25) is 0 Å². The average molecular weight is 257 g/mol. The minimum atomic E-state index is -0.377. The van der Waals surface area contributed by atoms with Gasteiger partial charge in [-0.15, -0.1) is 11.3 Å². The van der Waals surface area contributed by atoms with Crippen LogP contribution in [0.3, 0.4) is 0 Å². The maximum absolute atomic E-state index is 9.59. The van der Waals surface area contributed by atoms with Crippen LogP contribution in [0.25, 0.3) is 10.1 Å². The van der Waals surface area contributed by atoms with Crippen LogP contribution in [0, 0.1) is 0 Å². The molecule has 1 atom stereocenters. The van der Waals surface area contributed by atoms with Crippen LogP contribution in [0.2, 0.25) is 0 Å². The van der Waals surface area contributed by atoms with E-state index in [0.717, 1.165) is 4.88 Å². The van der Waals surface area contributed by atoms with E-state index in [-0.39, 0.29) is 6.10 Å². The second-order valence-corrected chi connectivity index (χ2v) is 4.62. The molecule has 0 spiro atoms. The van der Waals surface area contributed by atoms with Crippen molar-refractivity contribution in [3.05, 3.63) is 35.2 Å². The van der Waals surface area contributed by atoms with Gasteiger partial charge in [-0.25, -0.2) is 0 Å². The molecule has 0 aliphatic rings. The van der Waals surface area contributed by atoms with Crippen molar-refractivity contribution in [2.45, 2.75) is 6.10 Å². The molecule has 0 bridgehead atoms. The molecule has 1 aromatic carbocycles. The van der Waals surface area contributed by atoms with E-state index in [9.17, 15) is 5.11 Å². The van der Waals surface area contributed by atoms with Crippen LogP contribution in [0.15, 0.2) is 30.3 Å². The van der Waals surface area contributed by atoms with Gasteiger partial charge in [0.25, 0.3) is 0 Å². The second-order valence-electron chi connectivity index (χ2n) is 2.86. The highest BCUT2D eigenvalue weighted by atomic mass is 79.9. The summed E-state index contributed by atoms with van der Waals surface area (Å²) < 4.78 is 1.23. The molecule has 1 unspecified atom stereocenters. The normalized spacial score (nSPS) is 13.4. The molecule has 0 fully saturated rings. The number of halogens is 1. The molecule has 0 saturated carbocycles. The number of thiophene rings is 1. The van der Waals surface area contributed by atoms with E-state index in [4.69, 9.17) is 0 Å².